The third-order valence-electron chi connectivity index (χ3n) is 3.73. The molecule has 0 aromatic carbocycles. The molecule has 3 aromatic rings. The molecule has 24 heavy (non-hydrogen) atoms. The molecule has 0 amide bonds. The highest BCUT2D eigenvalue weighted by Crippen LogP contribution is 2.23. The van der Waals surface area contributed by atoms with Gasteiger partial charge >= 0.3 is 0 Å². The number of aryl methyl sites for hydroxylation is 3. The van der Waals surface area contributed by atoms with Gasteiger partial charge in [0.2, 0.25) is 5.95 Å². The van der Waals surface area contributed by atoms with Crippen molar-refractivity contribution in [2.45, 2.75) is 26.8 Å². The van der Waals surface area contributed by atoms with Gasteiger partial charge in [0.1, 0.15) is 11.4 Å². The van der Waals surface area contributed by atoms with Crippen LogP contribution in [0.15, 0.2) is 24.4 Å². The number of nitrogens with one attached hydrogen (secondary N) is 1. The number of pyridine rings is 1. The van der Waals surface area contributed by atoms with Crippen LogP contribution in [0.5, 0.6) is 5.75 Å². The maximum Gasteiger partial charge on any atom is 0.223 e. The second-order valence-corrected chi connectivity index (χ2v) is 5.39. The highest BCUT2D eigenvalue weighted by molar-refractivity contribution is 5.58. The fourth-order valence-corrected chi connectivity index (χ4v) is 2.30. The van der Waals surface area contributed by atoms with Crippen molar-refractivity contribution in [3.05, 3.63) is 41.5 Å². The Bertz CT molecular complexity index is 859. The zero-order chi connectivity index (χ0) is 17.1. The smallest absolute Gasteiger partial charge is 0.223 e. The SMILES string of the molecule is CCc1ccnc(NCc2c(-c3ccc(O)c(C)n3)nnn2C)n1. The van der Waals surface area contributed by atoms with Crippen molar-refractivity contribution in [3.63, 3.8) is 0 Å². The van der Waals surface area contributed by atoms with Crippen LogP contribution in [-0.4, -0.2) is 35.1 Å². The quantitative estimate of drug-likeness (QED) is 0.738. The van der Waals surface area contributed by atoms with Crippen LogP contribution < -0.4 is 5.32 Å². The first-order chi connectivity index (χ1) is 11.6. The number of hydrogen-bond donors (Lipinski definition) is 2. The van der Waals surface area contributed by atoms with Gasteiger partial charge in [-0.15, -0.1) is 5.10 Å². The van der Waals surface area contributed by atoms with Crippen LogP contribution in [-0.2, 0) is 20.0 Å². The largest absolute Gasteiger partial charge is 0.506 e. The van der Waals surface area contributed by atoms with Crippen LogP contribution in [0, 0.1) is 6.92 Å². The average Bonchev–Trinajstić information content (AvgIpc) is 2.96. The van der Waals surface area contributed by atoms with Crippen molar-refractivity contribution in [3.8, 4) is 17.1 Å². The normalized spacial score (nSPS) is 10.8. The minimum Gasteiger partial charge on any atom is -0.506 e. The van der Waals surface area contributed by atoms with E-state index >= 15 is 0 Å². The summed E-state index contributed by atoms with van der Waals surface area (Å²) in [5.41, 5.74) is 3.72. The highest BCUT2D eigenvalue weighted by Gasteiger charge is 2.15. The summed E-state index contributed by atoms with van der Waals surface area (Å²) in [5, 5.41) is 21.1. The van der Waals surface area contributed by atoms with Gasteiger partial charge in [-0.25, -0.2) is 19.6 Å². The molecule has 0 radical (unpaired) electrons. The summed E-state index contributed by atoms with van der Waals surface area (Å²) in [4.78, 5) is 13.0. The summed E-state index contributed by atoms with van der Waals surface area (Å²) in [6, 6.07) is 5.23. The van der Waals surface area contributed by atoms with Crippen molar-refractivity contribution in [1.82, 2.24) is 29.9 Å². The molecule has 0 unspecified atom stereocenters. The fraction of sp³-hybridized carbons (Fsp3) is 0.312. The van der Waals surface area contributed by atoms with Gasteiger partial charge in [0.05, 0.1) is 23.6 Å². The summed E-state index contributed by atoms with van der Waals surface area (Å²) >= 11 is 0. The third-order valence-corrected chi connectivity index (χ3v) is 3.73. The van der Waals surface area contributed by atoms with Crippen LogP contribution in [0.3, 0.4) is 0 Å². The van der Waals surface area contributed by atoms with Crippen molar-refractivity contribution in [2.75, 3.05) is 5.32 Å². The van der Waals surface area contributed by atoms with Crippen LogP contribution in [0.4, 0.5) is 5.95 Å². The van der Waals surface area contributed by atoms with E-state index in [-0.39, 0.29) is 5.75 Å². The van der Waals surface area contributed by atoms with Gasteiger partial charge < -0.3 is 10.4 Å². The van der Waals surface area contributed by atoms with Gasteiger partial charge in [0, 0.05) is 18.9 Å². The van der Waals surface area contributed by atoms with E-state index in [1.807, 2.05) is 20.0 Å². The molecule has 3 heterocycles. The molecule has 0 spiro atoms. The molecule has 0 bridgehead atoms. The number of hydrogen-bond acceptors (Lipinski definition) is 7. The Hall–Kier alpha value is -3.03. The molecule has 0 saturated heterocycles. The monoisotopic (exact) mass is 325 g/mol. The molecule has 0 aliphatic rings. The van der Waals surface area contributed by atoms with Crippen LogP contribution >= 0.6 is 0 Å². The van der Waals surface area contributed by atoms with E-state index in [1.54, 1.807) is 29.9 Å². The molecule has 2 N–H and O–H groups in total. The third kappa shape index (κ3) is 3.17. The van der Waals surface area contributed by atoms with Gasteiger partial charge in [-0.3, -0.25) is 0 Å². The summed E-state index contributed by atoms with van der Waals surface area (Å²) < 4.78 is 1.69. The minimum absolute atomic E-state index is 0.159. The van der Waals surface area contributed by atoms with Crippen molar-refractivity contribution in [2.24, 2.45) is 7.05 Å². The van der Waals surface area contributed by atoms with Crippen molar-refractivity contribution < 1.29 is 5.11 Å². The lowest BCUT2D eigenvalue weighted by molar-refractivity contribution is 0.468. The Morgan fingerprint density at radius 3 is 2.79 bits per heavy atom. The van der Waals surface area contributed by atoms with E-state index in [0.717, 1.165) is 17.8 Å². The second kappa shape index (κ2) is 6.61. The molecule has 8 nitrogen and oxygen atoms in total. The van der Waals surface area contributed by atoms with E-state index in [4.69, 9.17) is 0 Å². The van der Waals surface area contributed by atoms with E-state index in [9.17, 15) is 5.11 Å². The van der Waals surface area contributed by atoms with E-state index in [0.29, 0.717) is 29.6 Å². The lowest BCUT2D eigenvalue weighted by atomic mass is 10.2. The second-order valence-electron chi connectivity index (χ2n) is 5.39. The molecule has 8 heteroatoms. The first-order valence-corrected chi connectivity index (χ1v) is 7.69. The molecule has 0 atom stereocenters. The maximum atomic E-state index is 9.63. The van der Waals surface area contributed by atoms with Gasteiger partial charge in [0.25, 0.3) is 0 Å². The lowest BCUT2D eigenvalue weighted by Crippen LogP contribution is -2.09. The minimum atomic E-state index is 0.159. The summed E-state index contributed by atoms with van der Waals surface area (Å²) in [6.07, 6.45) is 2.59. The van der Waals surface area contributed by atoms with Crippen molar-refractivity contribution >= 4 is 5.95 Å². The van der Waals surface area contributed by atoms with E-state index in [2.05, 4.69) is 30.6 Å². The molecule has 0 aliphatic heterocycles. The Kier molecular flexibility index (Phi) is 4.37. The predicted molar refractivity (Wildman–Crippen MR) is 89.4 cm³/mol. The molecule has 0 aliphatic carbocycles. The maximum absolute atomic E-state index is 9.63. The van der Waals surface area contributed by atoms with Crippen molar-refractivity contribution in [1.29, 1.82) is 0 Å². The first-order valence-electron chi connectivity index (χ1n) is 7.69. The molecule has 3 rings (SSSR count). The first kappa shape index (κ1) is 15.9. The number of rotatable bonds is 5. The summed E-state index contributed by atoms with van der Waals surface area (Å²) in [6.45, 7) is 4.26. The summed E-state index contributed by atoms with van der Waals surface area (Å²) in [5.74, 6) is 0.725. The predicted octanol–water partition coefficient (Wildman–Crippen LogP) is 1.86. The van der Waals surface area contributed by atoms with Gasteiger partial charge in [0.15, 0.2) is 0 Å². The molecule has 3 aromatic heterocycles. The lowest BCUT2D eigenvalue weighted by Gasteiger charge is -2.08. The zero-order valence-electron chi connectivity index (χ0n) is 13.9. The Morgan fingerprint density at radius 2 is 2.04 bits per heavy atom. The number of nitrogens with zero attached hydrogens (tertiary/aromatic N) is 6. The highest BCUT2D eigenvalue weighted by atomic mass is 16.3. The van der Waals surface area contributed by atoms with E-state index < -0.39 is 0 Å². The Balaban J connectivity index is 1.86. The Labute approximate surface area is 139 Å². The van der Waals surface area contributed by atoms with Crippen LogP contribution in [0.25, 0.3) is 11.4 Å². The van der Waals surface area contributed by atoms with Crippen LogP contribution in [0.2, 0.25) is 0 Å². The van der Waals surface area contributed by atoms with Gasteiger partial charge in [-0.05, 0) is 31.5 Å². The molecule has 0 saturated carbocycles. The van der Waals surface area contributed by atoms with Crippen LogP contribution in [0.1, 0.15) is 24.0 Å². The topological polar surface area (TPSA) is 102 Å². The molecular formula is C16H19N7O. The summed E-state index contributed by atoms with van der Waals surface area (Å²) in [7, 11) is 1.82. The molecule has 124 valence electrons. The molecular weight excluding hydrogens is 306 g/mol. The Morgan fingerprint density at radius 1 is 1.21 bits per heavy atom. The van der Waals surface area contributed by atoms with Gasteiger partial charge in [-0.2, -0.15) is 0 Å². The number of aromatic hydroxyl groups is 1. The zero-order valence-corrected chi connectivity index (χ0v) is 13.9. The number of aromatic nitrogens is 6. The average molecular weight is 325 g/mol. The fourth-order valence-electron chi connectivity index (χ4n) is 2.30. The van der Waals surface area contributed by atoms with E-state index in [1.165, 1.54) is 0 Å². The number of anilines is 1. The standard InChI is InChI=1S/C16H19N7O/c1-4-11-7-8-17-16(20-11)18-9-13-15(21-22-23(13)3)12-5-6-14(24)10(2)19-12/h5-8,24H,4,9H2,1-3H3,(H,17,18,20). The molecule has 0 fully saturated rings. The van der Waals surface area contributed by atoms with Gasteiger partial charge in [-0.1, -0.05) is 12.1 Å².